The molecule has 0 aliphatic carbocycles. The van der Waals surface area contributed by atoms with E-state index in [4.69, 9.17) is 14.2 Å². The van der Waals surface area contributed by atoms with Crippen molar-refractivity contribution in [1.82, 2.24) is 0 Å². The molecular weight excluding hydrogens is 308 g/mol. The highest BCUT2D eigenvalue weighted by molar-refractivity contribution is 4.92. The zero-order valence-electron chi connectivity index (χ0n) is 13.6. The zero-order valence-corrected chi connectivity index (χ0v) is 13.6. The van der Waals surface area contributed by atoms with Gasteiger partial charge in [-0.3, -0.25) is 0 Å². The summed E-state index contributed by atoms with van der Waals surface area (Å²) in [6, 6.07) is 0. The largest absolute Gasteiger partial charge is 0.394 e. The third kappa shape index (κ3) is 3.69. The van der Waals surface area contributed by atoms with Gasteiger partial charge >= 0.3 is 0 Å². The van der Waals surface area contributed by atoms with Gasteiger partial charge in [-0.2, -0.15) is 0 Å². The Morgan fingerprint density at radius 3 is 1.96 bits per heavy atom. The van der Waals surface area contributed by atoms with Crippen LogP contribution in [-0.4, -0.2) is 87.8 Å². The average Bonchev–Trinajstić information content (AvgIpc) is 2.55. The number of rotatable bonds is 4. The molecule has 2 aliphatic heterocycles. The second-order valence-electron chi connectivity index (χ2n) is 6.58. The van der Waals surface area contributed by atoms with Crippen LogP contribution in [0.1, 0.15) is 20.8 Å². The first-order chi connectivity index (χ1) is 10.8. The fourth-order valence-corrected chi connectivity index (χ4v) is 3.12. The molecule has 0 amide bonds. The van der Waals surface area contributed by atoms with Crippen molar-refractivity contribution in [2.45, 2.75) is 69.8 Å². The lowest BCUT2D eigenvalue weighted by Crippen LogP contribution is -2.60. The van der Waals surface area contributed by atoms with Crippen LogP contribution in [0.4, 0.5) is 0 Å². The Kier molecular flexibility index (Phi) is 6.37. The molecule has 136 valence electrons. The summed E-state index contributed by atoms with van der Waals surface area (Å²) in [5.74, 6) is -0.778. The van der Waals surface area contributed by atoms with E-state index in [0.717, 1.165) is 0 Å². The molecule has 2 fully saturated rings. The molecule has 0 bridgehead atoms. The smallest absolute Gasteiger partial charge is 0.163 e. The molecular formula is C15H28O8. The second-order valence-corrected chi connectivity index (χ2v) is 6.58. The molecule has 0 radical (unpaired) electrons. The lowest BCUT2D eigenvalue weighted by molar-refractivity contribution is -0.325. The van der Waals surface area contributed by atoms with Crippen molar-refractivity contribution in [2.75, 3.05) is 13.2 Å². The maximum atomic E-state index is 10.4. The van der Waals surface area contributed by atoms with E-state index in [0.29, 0.717) is 0 Å². The molecule has 23 heavy (non-hydrogen) atoms. The van der Waals surface area contributed by atoms with E-state index in [1.165, 1.54) is 0 Å². The average molecular weight is 336 g/mol. The summed E-state index contributed by atoms with van der Waals surface area (Å²) in [6.07, 6.45) is -6.91. The lowest BCUT2D eigenvalue weighted by Gasteiger charge is -2.46. The molecule has 0 aromatic rings. The third-order valence-corrected chi connectivity index (χ3v) is 5.03. The van der Waals surface area contributed by atoms with Crippen molar-refractivity contribution in [3.8, 4) is 0 Å². The summed E-state index contributed by atoms with van der Waals surface area (Å²) >= 11 is 0. The van der Waals surface area contributed by atoms with E-state index in [9.17, 15) is 25.5 Å². The first-order valence-corrected chi connectivity index (χ1v) is 8.04. The van der Waals surface area contributed by atoms with Crippen LogP contribution in [0.3, 0.4) is 0 Å². The van der Waals surface area contributed by atoms with Crippen molar-refractivity contribution in [3.05, 3.63) is 0 Å². The summed E-state index contributed by atoms with van der Waals surface area (Å²) in [5.41, 5.74) is 0. The molecule has 5 N–H and O–H groups in total. The molecule has 7 unspecified atom stereocenters. The zero-order chi connectivity index (χ0) is 17.3. The first kappa shape index (κ1) is 19.0. The van der Waals surface area contributed by atoms with Gasteiger partial charge in [-0.15, -0.1) is 0 Å². The molecule has 10 atom stereocenters. The molecule has 0 spiro atoms. The van der Waals surface area contributed by atoms with Crippen LogP contribution in [0.2, 0.25) is 0 Å². The van der Waals surface area contributed by atoms with Crippen LogP contribution in [0.25, 0.3) is 0 Å². The fourth-order valence-electron chi connectivity index (χ4n) is 3.12. The molecule has 2 rings (SSSR count). The van der Waals surface area contributed by atoms with Gasteiger partial charge in [-0.25, -0.2) is 0 Å². The minimum absolute atomic E-state index is 0.203. The van der Waals surface area contributed by atoms with Crippen LogP contribution in [0, 0.1) is 11.8 Å². The van der Waals surface area contributed by atoms with Gasteiger partial charge in [0, 0.05) is 11.8 Å². The highest BCUT2D eigenvalue weighted by Crippen LogP contribution is 2.33. The van der Waals surface area contributed by atoms with Gasteiger partial charge < -0.3 is 39.7 Å². The van der Waals surface area contributed by atoms with Gasteiger partial charge in [0.15, 0.2) is 6.29 Å². The van der Waals surface area contributed by atoms with Crippen LogP contribution in [0.5, 0.6) is 0 Å². The van der Waals surface area contributed by atoms with Crippen molar-refractivity contribution in [1.29, 1.82) is 0 Å². The number of ether oxygens (including phenoxy) is 3. The van der Waals surface area contributed by atoms with E-state index in [1.807, 2.05) is 13.8 Å². The Balaban J connectivity index is 2.11. The number of aliphatic hydroxyl groups is 5. The van der Waals surface area contributed by atoms with Crippen LogP contribution >= 0.6 is 0 Å². The van der Waals surface area contributed by atoms with Crippen molar-refractivity contribution < 1.29 is 39.7 Å². The van der Waals surface area contributed by atoms with E-state index in [1.54, 1.807) is 6.92 Å². The molecule has 0 saturated carbocycles. The van der Waals surface area contributed by atoms with Crippen molar-refractivity contribution >= 4 is 0 Å². The summed E-state index contributed by atoms with van der Waals surface area (Å²) in [7, 11) is 0. The van der Waals surface area contributed by atoms with Crippen LogP contribution < -0.4 is 0 Å². The SMILES string of the molecule is CC1OC(CO)[C@H](O[C@@H]2OC(CO)[C@H](O)C(O)C2C)C(O)C1C. The van der Waals surface area contributed by atoms with Gasteiger partial charge in [0.05, 0.1) is 31.5 Å². The van der Waals surface area contributed by atoms with E-state index < -0.39 is 55.4 Å². The number of hydrogen-bond acceptors (Lipinski definition) is 8. The molecule has 0 aromatic carbocycles. The lowest BCUT2D eigenvalue weighted by atomic mass is 9.88. The Labute approximate surface area is 135 Å². The Hall–Kier alpha value is -0.320. The van der Waals surface area contributed by atoms with Gasteiger partial charge in [-0.05, 0) is 6.92 Å². The molecule has 8 heteroatoms. The monoisotopic (exact) mass is 336 g/mol. The van der Waals surface area contributed by atoms with E-state index in [2.05, 4.69) is 0 Å². The minimum atomic E-state index is -1.21. The standard InChI is InChI=1S/C15H28O8/c1-6-8(3)21-10(5-17)14(12(6)19)23-15-7(2)11(18)13(20)9(4-16)22-15/h6-20H,4-5H2,1-3H3/t6?,7?,8?,9?,10?,11?,12?,13-,14-,15-/m0/s1. The number of hydrogen-bond donors (Lipinski definition) is 5. The quantitative estimate of drug-likeness (QED) is 0.408. The van der Waals surface area contributed by atoms with Gasteiger partial charge in [0.2, 0.25) is 0 Å². The second kappa shape index (κ2) is 7.71. The molecule has 8 nitrogen and oxygen atoms in total. The highest BCUT2D eigenvalue weighted by Gasteiger charge is 2.47. The third-order valence-electron chi connectivity index (χ3n) is 5.03. The summed E-state index contributed by atoms with van der Waals surface area (Å²) < 4.78 is 17.0. The highest BCUT2D eigenvalue weighted by atomic mass is 16.7. The molecule has 2 aliphatic rings. The number of aliphatic hydroxyl groups excluding tert-OH is 5. The summed E-state index contributed by atoms with van der Waals surface area (Å²) in [6.45, 7) is 4.48. The maximum Gasteiger partial charge on any atom is 0.163 e. The van der Waals surface area contributed by atoms with Crippen molar-refractivity contribution in [2.24, 2.45) is 11.8 Å². The van der Waals surface area contributed by atoms with E-state index >= 15 is 0 Å². The summed E-state index contributed by atoms with van der Waals surface area (Å²) in [4.78, 5) is 0. The Bertz CT molecular complexity index is 376. The van der Waals surface area contributed by atoms with Gasteiger partial charge in [0.25, 0.3) is 0 Å². The normalized spacial score (nSPS) is 51.7. The topological polar surface area (TPSA) is 129 Å². The fraction of sp³-hybridized carbons (Fsp3) is 1.00. The Morgan fingerprint density at radius 1 is 0.783 bits per heavy atom. The summed E-state index contributed by atoms with van der Waals surface area (Å²) in [5, 5.41) is 49.1. The predicted octanol–water partition coefficient (Wildman–Crippen LogP) is -1.78. The minimum Gasteiger partial charge on any atom is -0.394 e. The first-order valence-electron chi connectivity index (χ1n) is 8.04. The van der Waals surface area contributed by atoms with Crippen LogP contribution in [-0.2, 0) is 14.2 Å². The molecule has 0 aromatic heterocycles. The van der Waals surface area contributed by atoms with Crippen LogP contribution in [0.15, 0.2) is 0 Å². The van der Waals surface area contributed by atoms with Crippen molar-refractivity contribution in [3.63, 3.8) is 0 Å². The molecule has 2 saturated heterocycles. The predicted molar refractivity (Wildman–Crippen MR) is 78.4 cm³/mol. The molecule has 2 heterocycles. The van der Waals surface area contributed by atoms with E-state index in [-0.39, 0.29) is 18.6 Å². The maximum absolute atomic E-state index is 10.4. The Morgan fingerprint density at radius 2 is 1.39 bits per heavy atom. The van der Waals surface area contributed by atoms with Gasteiger partial charge in [-0.1, -0.05) is 13.8 Å². The van der Waals surface area contributed by atoms with Gasteiger partial charge in [0.1, 0.15) is 24.4 Å².